The molecule has 3 aromatic heterocycles. The molecule has 0 unspecified atom stereocenters. The molecular weight excluding hydrogens is 328 g/mol. The zero-order chi connectivity index (χ0) is 16.6. The summed E-state index contributed by atoms with van der Waals surface area (Å²) in [5.74, 6) is -0.0539. The number of alkyl halides is 2. The highest BCUT2D eigenvalue weighted by molar-refractivity contribution is 6.29. The molecular formula is C13H12ClF2N7. The minimum absolute atomic E-state index is 0.0539. The van der Waals surface area contributed by atoms with Crippen molar-refractivity contribution < 1.29 is 8.78 Å². The normalized spacial score (nSPS) is 11.3. The van der Waals surface area contributed by atoms with Crippen LogP contribution in [0.3, 0.4) is 0 Å². The van der Waals surface area contributed by atoms with E-state index in [1.807, 2.05) is 0 Å². The van der Waals surface area contributed by atoms with E-state index in [4.69, 9.17) is 17.3 Å². The Labute approximate surface area is 134 Å². The number of halogens is 3. The van der Waals surface area contributed by atoms with Crippen molar-refractivity contribution in [1.29, 1.82) is 0 Å². The van der Waals surface area contributed by atoms with Crippen molar-refractivity contribution in [3.8, 4) is 11.4 Å². The van der Waals surface area contributed by atoms with E-state index >= 15 is 0 Å². The molecule has 0 aliphatic carbocycles. The van der Waals surface area contributed by atoms with Gasteiger partial charge in [0.2, 0.25) is 5.95 Å². The molecule has 2 N–H and O–H groups in total. The second kappa shape index (κ2) is 5.92. The van der Waals surface area contributed by atoms with E-state index in [1.165, 1.54) is 6.07 Å². The number of nitrogens with zero attached hydrogens (tertiary/aromatic N) is 6. The zero-order valence-corrected chi connectivity index (χ0v) is 12.7. The summed E-state index contributed by atoms with van der Waals surface area (Å²) in [5, 5.41) is 8.16. The molecule has 23 heavy (non-hydrogen) atoms. The van der Waals surface area contributed by atoms with Crippen LogP contribution in [0.4, 0.5) is 14.7 Å². The molecule has 10 heteroatoms. The Morgan fingerprint density at radius 2 is 2.13 bits per heavy atom. The Morgan fingerprint density at radius 1 is 1.35 bits per heavy atom. The quantitative estimate of drug-likeness (QED) is 0.738. The van der Waals surface area contributed by atoms with Crippen molar-refractivity contribution in [2.45, 2.75) is 20.0 Å². The van der Waals surface area contributed by atoms with E-state index in [-0.39, 0.29) is 29.0 Å². The third kappa shape index (κ3) is 3.00. The highest BCUT2D eigenvalue weighted by atomic mass is 35.5. The van der Waals surface area contributed by atoms with Crippen molar-refractivity contribution in [3.05, 3.63) is 40.9 Å². The van der Waals surface area contributed by atoms with Gasteiger partial charge in [0.05, 0.1) is 12.2 Å². The predicted molar refractivity (Wildman–Crippen MR) is 80.0 cm³/mol. The number of nitrogen functional groups attached to an aromatic ring is 1. The summed E-state index contributed by atoms with van der Waals surface area (Å²) in [6, 6.07) is 3.17. The second-order valence-electron chi connectivity index (χ2n) is 4.77. The van der Waals surface area contributed by atoms with Gasteiger partial charge in [-0.05, 0) is 13.0 Å². The van der Waals surface area contributed by atoms with Gasteiger partial charge in [0, 0.05) is 29.7 Å². The van der Waals surface area contributed by atoms with Gasteiger partial charge in [-0.3, -0.25) is 4.68 Å². The van der Waals surface area contributed by atoms with Crippen LogP contribution in [0.5, 0.6) is 0 Å². The van der Waals surface area contributed by atoms with E-state index < -0.39 is 6.55 Å². The first kappa shape index (κ1) is 15.3. The first-order valence-electron chi connectivity index (χ1n) is 6.59. The first-order valence-corrected chi connectivity index (χ1v) is 6.97. The van der Waals surface area contributed by atoms with Gasteiger partial charge in [-0.1, -0.05) is 11.6 Å². The number of hydrogen-bond donors (Lipinski definition) is 1. The van der Waals surface area contributed by atoms with Crippen molar-refractivity contribution in [1.82, 2.24) is 29.5 Å². The van der Waals surface area contributed by atoms with E-state index in [2.05, 4.69) is 20.2 Å². The summed E-state index contributed by atoms with van der Waals surface area (Å²) in [4.78, 5) is 7.80. The molecule has 120 valence electrons. The summed E-state index contributed by atoms with van der Waals surface area (Å²) in [5.41, 5.74) is 7.01. The Hall–Kier alpha value is -2.55. The third-order valence-electron chi connectivity index (χ3n) is 3.29. The van der Waals surface area contributed by atoms with Crippen LogP contribution in [-0.2, 0) is 6.54 Å². The largest absolute Gasteiger partial charge is 0.368 e. The van der Waals surface area contributed by atoms with Gasteiger partial charge in [0.15, 0.2) is 0 Å². The minimum atomic E-state index is -2.77. The molecule has 0 aromatic carbocycles. The maximum atomic E-state index is 13.2. The molecule has 0 radical (unpaired) electrons. The van der Waals surface area contributed by atoms with Gasteiger partial charge in [0.25, 0.3) is 0 Å². The lowest BCUT2D eigenvalue weighted by atomic mass is 10.1. The molecule has 0 saturated heterocycles. The lowest BCUT2D eigenvalue weighted by Crippen LogP contribution is -2.05. The molecule has 3 aromatic rings. The Kier molecular flexibility index (Phi) is 3.95. The van der Waals surface area contributed by atoms with Crippen LogP contribution in [0, 0.1) is 6.92 Å². The highest BCUT2D eigenvalue weighted by Crippen LogP contribution is 2.29. The monoisotopic (exact) mass is 339 g/mol. The number of rotatable bonds is 4. The predicted octanol–water partition coefficient (Wildman–Crippen LogP) is 2.52. The summed E-state index contributed by atoms with van der Waals surface area (Å²) in [7, 11) is 0. The number of anilines is 1. The summed E-state index contributed by atoms with van der Waals surface area (Å²) in [6.07, 6.45) is 3.33. The van der Waals surface area contributed by atoms with Crippen LogP contribution in [-0.4, -0.2) is 29.5 Å². The fraction of sp³-hybridized carbons (Fsp3) is 0.231. The fourth-order valence-electron chi connectivity index (χ4n) is 2.25. The standard InChI is InChI=1S/C13H12ClF2N7/c1-7-8(6-22-4-2-3-18-22)11(21-23(7)12(15)16)9-5-10(14)20-13(17)19-9/h2-5,12H,6H2,1H3,(H2,17,19,20). The van der Waals surface area contributed by atoms with Crippen LogP contribution in [0.2, 0.25) is 5.15 Å². The molecule has 0 aliphatic heterocycles. The fourth-order valence-corrected chi connectivity index (χ4v) is 2.44. The van der Waals surface area contributed by atoms with E-state index in [1.54, 1.807) is 30.1 Å². The van der Waals surface area contributed by atoms with Crippen LogP contribution in [0.1, 0.15) is 17.8 Å². The van der Waals surface area contributed by atoms with Crippen LogP contribution in [0.25, 0.3) is 11.4 Å². The number of aromatic nitrogens is 6. The first-order chi connectivity index (χ1) is 11.0. The molecule has 7 nitrogen and oxygen atoms in total. The van der Waals surface area contributed by atoms with Gasteiger partial charge in [-0.2, -0.15) is 19.0 Å². The van der Waals surface area contributed by atoms with Gasteiger partial charge in [0.1, 0.15) is 10.8 Å². The lowest BCUT2D eigenvalue weighted by Gasteiger charge is -2.05. The Balaban J connectivity index is 2.16. The summed E-state index contributed by atoms with van der Waals surface area (Å²) < 4.78 is 28.6. The molecule has 3 rings (SSSR count). The molecule has 0 atom stereocenters. The maximum absolute atomic E-state index is 13.2. The number of hydrogen-bond acceptors (Lipinski definition) is 5. The van der Waals surface area contributed by atoms with Crippen molar-refractivity contribution in [3.63, 3.8) is 0 Å². The molecule has 3 heterocycles. The van der Waals surface area contributed by atoms with Crippen LogP contribution in [0.15, 0.2) is 24.5 Å². The molecule has 0 spiro atoms. The third-order valence-corrected chi connectivity index (χ3v) is 3.49. The minimum Gasteiger partial charge on any atom is -0.368 e. The average Bonchev–Trinajstić information content (AvgIpc) is 3.07. The average molecular weight is 340 g/mol. The van der Waals surface area contributed by atoms with E-state index in [0.717, 1.165) is 0 Å². The van der Waals surface area contributed by atoms with Gasteiger partial charge >= 0.3 is 6.55 Å². The van der Waals surface area contributed by atoms with Crippen molar-refractivity contribution in [2.24, 2.45) is 0 Å². The molecule has 0 aliphatic rings. The van der Waals surface area contributed by atoms with E-state index in [0.29, 0.717) is 15.9 Å². The zero-order valence-electron chi connectivity index (χ0n) is 12.0. The van der Waals surface area contributed by atoms with Crippen LogP contribution >= 0.6 is 11.6 Å². The molecule has 0 bridgehead atoms. The Bertz CT molecular complexity index is 809. The van der Waals surface area contributed by atoms with Gasteiger partial charge in [-0.25, -0.2) is 14.6 Å². The molecule has 0 fully saturated rings. The highest BCUT2D eigenvalue weighted by Gasteiger charge is 2.22. The topological polar surface area (TPSA) is 87.4 Å². The maximum Gasteiger partial charge on any atom is 0.333 e. The summed E-state index contributed by atoms with van der Waals surface area (Å²) in [6.45, 7) is -0.939. The number of nitrogens with two attached hydrogens (primary N) is 1. The summed E-state index contributed by atoms with van der Waals surface area (Å²) >= 11 is 5.87. The second-order valence-corrected chi connectivity index (χ2v) is 5.16. The smallest absolute Gasteiger partial charge is 0.333 e. The van der Waals surface area contributed by atoms with Crippen LogP contribution < -0.4 is 5.73 Å². The van der Waals surface area contributed by atoms with Gasteiger partial charge < -0.3 is 5.73 Å². The Morgan fingerprint density at radius 3 is 2.74 bits per heavy atom. The van der Waals surface area contributed by atoms with Gasteiger partial charge in [-0.15, -0.1) is 0 Å². The SMILES string of the molecule is Cc1c(Cn2cccn2)c(-c2cc(Cl)nc(N)n2)nn1C(F)F. The van der Waals surface area contributed by atoms with Crippen molar-refractivity contribution >= 4 is 17.5 Å². The van der Waals surface area contributed by atoms with Crippen molar-refractivity contribution in [2.75, 3.05) is 5.73 Å². The molecule has 0 saturated carbocycles. The lowest BCUT2D eigenvalue weighted by molar-refractivity contribution is 0.0545. The molecule has 0 amide bonds. The van der Waals surface area contributed by atoms with E-state index in [9.17, 15) is 8.78 Å².